The Labute approximate surface area is 95.6 Å². The van der Waals surface area contributed by atoms with E-state index >= 15 is 0 Å². The number of nitrogens with zero attached hydrogens (tertiary/aromatic N) is 1. The van der Waals surface area contributed by atoms with Crippen molar-refractivity contribution in [1.29, 1.82) is 0 Å². The summed E-state index contributed by atoms with van der Waals surface area (Å²) in [6.45, 7) is 2.25. The molecule has 82 valence electrons. The van der Waals surface area contributed by atoms with E-state index in [4.69, 9.17) is 0 Å². The van der Waals surface area contributed by atoms with Gasteiger partial charge < -0.3 is 4.90 Å². The molecule has 1 aromatic carbocycles. The second-order valence-electron chi connectivity index (χ2n) is 4.90. The van der Waals surface area contributed by atoms with E-state index in [1.54, 1.807) is 0 Å². The summed E-state index contributed by atoms with van der Waals surface area (Å²) in [5, 5.41) is 0. The fourth-order valence-corrected chi connectivity index (χ4v) is 3.29. The predicted octanol–water partition coefficient (Wildman–Crippen LogP) is 2.64. The topological polar surface area (TPSA) is 20.3 Å². The Kier molecular flexibility index (Phi) is 1.79. The summed E-state index contributed by atoms with van der Waals surface area (Å²) in [4.78, 5) is 13.3. The predicted molar refractivity (Wildman–Crippen MR) is 64.5 cm³/mol. The quantitative estimate of drug-likeness (QED) is 0.668. The first-order valence-electron chi connectivity index (χ1n) is 5.70. The molecule has 2 heteroatoms. The van der Waals surface area contributed by atoms with Gasteiger partial charge in [0.1, 0.15) is 6.29 Å². The summed E-state index contributed by atoms with van der Waals surface area (Å²) in [6.07, 6.45) is 2.99. The second-order valence-corrected chi connectivity index (χ2v) is 4.90. The first kappa shape index (κ1) is 9.64. The molecule has 1 unspecified atom stereocenters. The Hall–Kier alpha value is -1.57. The van der Waals surface area contributed by atoms with Crippen LogP contribution in [-0.2, 0) is 10.2 Å². The highest BCUT2D eigenvalue weighted by molar-refractivity contribution is 5.83. The van der Waals surface area contributed by atoms with Crippen molar-refractivity contribution in [1.82, 2.24) is 0 Å². The zero-order chi connectivity index (χ0) is 11.3. The third kappa shape index (κ3) is 0.946. The molecule has 0 aromatic heterocycles. The molecule has 0 radical (unpaired) electrons. The van der Waals surface area contributed by atoms with Crippen molar-refractivity contribution in [3.63, 3.8) is 0 Å². The number of benzene rings is 1. The maximum absolute atomic E-state index is 11.1. The summed E-state index contributed by atoms with van der Waals surface area (Å²) in [6, 6.07) is 8.46. The molecule has 3 rings (SSSR count). The van der Waals surface area contributed by atoms with Gasteiger partial charge in [-0.2, -0.15) is 0 Å². The molecule has 0 saturated heterocycles. The number of rotatable bonds is 1. The summed E-state index contributed by atoms with van der Waals surface area (Å²) in [5.41, 5.74) is 4.86. The number of carbonyl (C=O) groups excluding carboxylic acids is 1. The van der Waals surface area contributed by atoms with Crippen molar-refractivity contribution in [2.45, 2.75) is 25.2 Å². The number of aldehydes is 1. The average molecular weight is 213 g/mol. The maximum atomic E-state index is 11.1. The standard InChI is InChI=1S/C14H15NO/c1-14-8-7-10(9-16)13(14)15(2)12-6-4-3-5-11(12)14/h3-6,9H,7-8H2,1-2H3. The Balaban J connectivity index is 2.29. The van der Waals surface area contributed by atoms with Gasteiger partial charge in [-0.25, -0.2) is 0 Å². The minimum absolute atomic E-state index is 0.0571. The average Bonchev–Trinajstić information content (AvgIpc) is 2.75. The number of likely N-dealkylation sites (N-methyl/N-ethyl adjacent to an activating group) is 1. The third-order valence-electron chi connectivity index (χ3n) is 4.06. The van der Waals surface area contributed by atoms with Gasteiger partial charge in [0.05, 0.1) is 0 Å². The summed E-state index contributed by atoms with van der Waals surface area (Å²) in [7, 11) is 2.06. The number of carbonyl (C=O) groups is 1. The largest absolute Gasteiger partial charge is 0.347 e. The van der Waals surface area contributed by atoms with E-state index in [0.717, 1.165) is 24.7 Å². The van der Waals surface area contributed by atoms with E-state index in [1.807, 2.05) is 0 Å². The maximum Gasteiger partial charge on any atom is 0.147 e. The van der Waals surface area contributed by atoms with Crippen LogP contribution in [-0.4, -0.2) is 13.3 Å². The fourth-order valence-electron chi connectivity index (χ4n) is 3.29. The van der Waals surface area contributed by atoms with Crippen molar-refractivity contribution >= 4 is 12.0 Å². The van der Waals surface area contributed by atoms with Crippen LogP contribution in [0.15, 0.2) is 35.5 Å². The van der Waals surface area contributed by atoms with Crippen LogP contribution in [0.4, 0.5) is 5.69 Å². The lowest BCUT2D eigenvalue weighted by atomic mass is 9.82. The van der Waals surface area contributed by atoms with Crippen LogP contribution in [0.5, 0.6) is 0 Å². The van der Waals surface area contributed by atoms with Crippen LogP contribution >= 0.6 is 0 Å². The molecule has 1 heterocycles. The fraction of sp³-hybridized carbons (Fsp3) is 0.357. The molecule has 1 atom stereocenters. The molecule has 0 spiro atoms. The van der Waals surface area contributed by atoms with Gasteiger partial charge in [-0.15, -0.1) is 0 Å². The lowest BCUT2D eigenvalue weighted by molar-refractivity contribution is -0.105. The molecule has 0 bridgehead atoms. The minimum atomic E-state index is 0.0571. The molecule has 1 aromatic rings. The first-order valence-corrected chi connectivity index (χ1v) is 5.70. The number of hydrogen-bond acceptors (Lipinski definition) is 2. The van der Waals surface area contributed by atoms with Gasteiger partial charge in [0, 0.05) is 29.4 Å². The van der Waals surface area contributed by atoms with Crippen molar-refractivity contribution in [3.8, 4) is 0 Å². The number of hydrogen-bond donors (Lipinski definition) is 0. The molecule has 1 aliphatic carbocycles. The van der Waals surface area contributed by atoms with Crippen LogP contribution in [0.25, 0.3) is 0 Å². The van der Waals surface area contributed by atoms with E-state index in [0.29, 0.717) is 0 Å². The molecular formula is C14H15NO. The smallest absolute Gasteiger partial charge is 0.147 e. The SMILES string of the molecule is CN1C2=C(C=O)CCC2(C)c2ccccc21. The van der Waals surface area contributed by atoms with Gasteiger partial charge in [0.25, 0.3) is 0 Å². The molecule has 0 saturated carbocycles. The Bertz CT molecular complexity index is 503. The number of allylic oxidation sites excluding steroid dienone is 2. The Morgan fingerprint density at radius 2 is 2.12 bits per heavy atom. The highest BCUT2D eigenvalue weighted by atomic mass is 16.1. The second kappa shape index (κ2) is 2.97. The lowest BCUT2D eigenvalue weighted by Crippen LogP contribution is -2.23. The van der Waals surface area contributed by atoms with Gasteiger partial charge in [-0.1, -0.05) is 18.2 Å². The zero-order valence-corrected chi connectivity index (χ0v) is 9.66. The molecule has 2 nitrogen and oxygen atoms in total. The molecule has 16 heavy (non-hydrogen) atoms. The lowest BCUT2D eigenvalue weighted by Gasteiger charge is -2.23. The van der Waals surface area contributed by atoms with Gasteiger partial charge >= 0.3 is 0 Å². The molecular weight excluding hydrogens is 198 g/mol. The van der Waals surface area contributed by atoms with Crippen LogP contribution in [0.1, 0.15) is 25.3 Å². The van der Waals surface area contributed by atoms with E-state index in [-0.39, 0.29) is 5.41 Å². The summed E-state index contributed by atoms with van der Waals surface area (Å²) >= 11 is 0. The highest BCUT2D eigenvalue weighted by Gasteiger charge is 2.46. The number of fused-ring (bicyclic) bond motifs is 3. The van der Waals surface area contributed by atoms with Gasteiger partial charge in [0.2, 0.25) is 0 Å². The van der Waals surface area contributed by atoms with Crippen LogP contribution < -0.4 is 4.90 Å². The summed E-state index contributed by atoms with van der Waals surface area (Å²) in [5.74, 6) is 0. The van der Waals surface area contributed by atoms with Crippen molar-refractivity contribution in [2.75, 3.05) is 11.9 Å². The molecule has 0 amide bonds. The minimum Gasteiger partial charge on any atom is -0.347 e. The molecule has 2 aliphatic rings. The van der Waals surface area contributed by atoms with Crippen molar-refractivity contribution in [3.05, 3.63) is 41.1 Å². The Morgan fingerprint density at radius 3 is 2.88 bits per heavy atom. The van der Waals surface area contributed by atoms with Gasteiger partial charge in [-0.05, 0) is 31.4 Å². The molecule has 0 N–H and O–H groups in total. The summed E-state index contributed by atoms with van der Waals surface area (Å²) < 4.78 is 0. The monoisotopic (exact) mass is 213 g/mol. The van der Waals surface area contributed by atoms with Crippen molar-refractivity contribution < 1.29 is 4.79 Å². The number of anilines is 1. The molecule has 0 fully saturated rings. The van der Waals surface area contributed by atoms with E-state index in [9.17, 15) is 4.79 Å². The van der Waals surface area contributed by atoms with Crippen LogP contribution in [0.2, 0.25) is 0 Å². The van der Waals surface area contributed by atoms with Crippen LogP contribution in [0.3, 0.4) is 0 Å². The zero-order valence-electron chi connectivity index (χ0n) is 9.66. The van der Waals surface area contributed by atoms with E-state index in [2.05, 4.69) is 43.1 Å². The van der Waals surface area contributed by atoms with Crippen molar-refractivity contribution in [2.24, 2.45) is 0 Å². The molecule has 1 aliphatic heterocycles. The van der Waals surface area contributed by atoms with E-state index < -0.39 is 0 Å². The Morgan fingerprint density at radius 1 is 1.38 bits per heavy atom. The van der Waals surface area contributed by atoms with Gasteiger partial charge in [-0.3, -0.25) is 4.79 Å². The number of para-hydroxylation sites is 1. The van der Waals surface area contributed by atoms with E-state index in [1.165, 1.54) is 16.9 Å². The van der Waals surface area contributed by atoms with Crippen LogP contribution in [0, 0.1) is 0 Å². The third-order valence-corrected chi connectivity index (χ3v) is 4.06. The normalized spacial score (nSPS) is 27.0. The van der Waals surface area contributed by atoms with Gasteiger partial charge in [0.15, 0.2) is 0 Å². The highest BCUT2D eigenvalue weighted by Crippen LogP contribution is 2.54. The first-order chi connectivity index (χ1) is 7.68.